The van der Waals surface area contributed by atoms with Crippen LogP contribution >= 0.6 is 0 Å². The second-order valence-electron chi connectivity index (χ2n) is 2.31. The normalized spacial score (nSPS) is 8.62. The highest BCUT2D eigenvalue weighted by atomic mass is 16.5. The molecule has 66 valence electrons. The number of nitrogens with one attached hydrogen (secondary N) is 1. The van der Waals surface area contributed by atoms with Crippen LogP contribution in [-0.2, 0) is 4.74 Å². The first kappa shape index (κ1) is 9.07. The number of carbonyl (C=O) groups excluding carboxylic acids is 1. The predicted molar refractivity (Wildman–Crippen MR) is 47.0 cm³/mol. The maximum atomic E-state index is 11.0. The zero-order valence-electron chi connectivity index (χ0n) is 7.07. The van der Waals surface area contributed by atoms with Crippen LogP contribution in [0.3, 0.4) is 0 Å². The first-order valence-electron chi connectivity index (χ1n) is 3.61. The van der Waals surface area contributed by atoms with Gasteiger partial charge in [0, 0.05) is 5.69 Å². The lowest BCUT2D eigenvalue weighted by molar-refractivity contribution is 0.0601. The van der Waals surface area contributed by atoms with E-state index in [1.807, 2.05) is 0 Å². The highest BCUT2D eigenvalue weighted by molar-refractivity contribution is 5.90. The fourth-order valence-electron chi connectivity index (χ4n) is 0.906. The van der Waals surface area contributed by atoms with Gasteiger partial charge in [0.2, 0.25) is 0 Å². The first-order chi connectivity index (χ1) is 6.27. The molecular weight excluding hydrogens is 168 g/mol. The van der Waals surface area contributed by atoms with Crippen molar-refractivity contribution in [3.63, 3.8) is 0 Å². The number of ether oxygens (including phenoxy) is 1. The highest BCUT2D eigenvalue weighted by Crippen LogP contribution is 2.10. The third kappa shape index (κ3) is 2.20. The first-order valence-corrected chi connectivity index (χ1v) is 3.61. The lowest BCUT2D eigenvalue weighted by atomic mass is 10.2. The zero-order chi connectivity index (χ0) is 9.68. The summed E-state index contributed by atoms with van der Waals surface area (Å²) in [5, 5.41) is 10.8. The van der Waals surface area contributed by atoms with E-state index in [9.17, 15) is 4.79 Å². The summed E-state index contributed by atoms with van der Waals surface area (Å²) in [4.78, 5) is 11.0. The average Bonchev–Trinajstić information content (AvgIpc) is 2.18. The Kier molecular flexibility index (Phi) is 2.87. The number of methoxy groups -OCH3 is 1. The molecule has 0 aliphatic rings. The topological polar surface area (TPSA) is 62.1 Å². The van der Waals surface area contributed by atoms with E-state index in [2.05, 4.69) is 10.1 Å². The van der Waals surface area contributed by atoms with Crippen LogP contribution in [0.15, 0.2) is 24.3 Å². The van der Waals surface area contributed by atoms with E-state index in [1.54, 1.807) is 30.5 Å². The summed E-state index contributed by atoms with van der Waals surface area (Å²) < 4.78 is 4.52. The number of carbonyl (C=O) groups is 1. The predicted octanol–water partition coefficient (Wildman–Crippen LogP) is 1.37. The molecule has 0 bridgehead atoms. The van der Waals surface area contributed by atoms with E-state index >= 15 is 0 Å². The molecule has 0 heterocycles. The summed E-state index contributed by atoms with van der Waals surface area (Å²) in [6, 6.07) is 6.53. The van der Waals surface area contributed by atoms with Crippen molar-refractivity contribution in [1.29, 1.82) is 5.26 Å². The standard InChI is InChI=1S/C9H8N2O2/c1-13-9(12)7-3-2-4-8(5-7)11-6-10/h2-5,11H,1H3. The summed E-state index contributed by atoms with van der Waals surface area (Å²) in [6.07, 6.45) is 1.77. The Labute approximate surface area is 75.7 Å². The number of esters is 1. The molecule has 0 aromatic heterocycles. The summed E-state index contributed by atoms with van der Waals surface area (Å²) in [5.41, 5.74) is 0.994. The molecule has 1 aromatic rings. The maximum absolute atomic E-state index is 11.0. The van der Waals surface area contributed by atoms with Crippen LogP contribution in [-0.4, -0.2) is 13.1 Å². The fourth-order valence-corrected chi connectivity index (χ4v) is 0.906. The van der Waals surface area contributed by atoms with E-state index in [0.717, 1.165) is 0 Å². The number of rotatable bonds is 2. The molecule has 1 rings (SSSR count). The van der Waals surface area contributed by atoms with Gasteiger partial charge in [0.05, 0.1) is 12.7 Å². The zero-order valence-corrected chi connectivity index (χ0v) is 7.07. The van der Waals surface area contributed by atoms with Gasteiger partial charge in [-0.3, -0.25) is 5.32 Å². The van der Waals surface area contributed by atoms with Gasteiger partial charge in [-0.25, -0.2) is 4.79 Å². The Morgan fingerprint density at radius 2 is 2.38 bits per heavy atom. The summed E-state index contributed by atoms with van der Waals surface area (Å²) in [6.45, 7) is 0. The second-order valence-corrected chi connectivity index (χ2v) is 2.31. The minimum absolute atomic E-state index is 0.415. The van der Waals surface area contributed by atoms with Crippen molar-refractivity contribution in [2.75, 3.05) is 12.4 Å². The van der Waals surface area contributed by atoms with Gasteiger partial charge in [0.1, 0.15) is 0 Å². The van der Waals surface area contributed by atoms with E-state index in [1.165, 1.54) is 7.11 Å². The minimum Gasteiger partial charge on any atom is -0.465 e. The lowest BCUT2D eigenvalue weighted by Crippen LogP contribution is -2.01. The van der Waals surface area contributed by atoms with Crippen molar-refractivity contribution in [3.05, 3.63) is 29.8 Å². The number of hydrogen-bond acceptors (Lipinski definition) is 4. The summed E-state index contributed by atoms with van der Waals surface area (Å²) in [7, 11) is 1.31. The molecule has 0 unspecified atom stereocenters. The van der Waals surface area contributed by atoms with E-state index in [-0.39, 0.29) is 0 Å². The third-order valence-electron chi connectivity index (χ3n) is 1.48. The number of anilines is 1. The molecule has 0 aliphatic heterocycles. The quantitative estimate of drug-likeness (QED) is 0.420. The van der Waals surface area contributed by atoms with Crippen LogP contribution in [0, 0.1) is 11.5 Å². The van der Waals surface area contributed by atoms with Gasteiger partial charge in [0.25, 0.3) is 0 Å². The van der Waals surface area contributed by atoms with Gasteiger partial charge in [-0.05, 0) is 18.2 Å². The highest BCUT2D eigenvalue weighted by Gasteiger charge is 2.04. The average molecular weight is 176 g/mol. The van der Waals surface area contributed by atoms with Crippen molar-refractivity contribution in [3.8, 4) is 6.19 Å². The summed E-state index contributed by atoms with van der Waals surface area (Å²) >= 11 is 0. The van der Waals surface area contributed by atoms with E-state index in [4.69, 9.17) is 5.26 Å². The second kappa shape index (κ2) is 4.12. The Bertz CT molecular complexity index is 355. The van der Waals surface area contributed by atoms with Crippen molar-refractivity contribution < 1.29 is 9.53 Å². The minimum atomic E-state index is -0.415. The van der Waals surface area contributed by atoms with Crippen molar-refractivity contribution in [1.82, 2.24) is 0 Å². The molecule has 0 atom stereocenters. The molecular formula is C9H8N2O2. The molecule has 0 saturated heterocycles. The molecule has 0 saturated carbocycles. The SMILES string of the molecule is COC(=O)c1cccc(NC#N)c1. The van der Waals surface area contributed by atoms with Crippen molar-refractivity contribution in [2.24, 2.45) is 0 Å². The van der Waals surface area contributed by atoms with Crippen LogP contribution in [0.5, 0.6) is 0 Å². The number of hydrogen-bond donors (Lipinski definition) is 1. The van der Waals surface area contributed by atoms with E-state index < -0.39 is 5.97 Å². The van der Waals surface area contributed by atoms with Crippen LogP contribution < -0.4 is 5.32 Å². The van der Waals surface area contributed by atoms with Crippen LogP contribution in [0.2, 0.25) is 0 Å². The Morgan fingerprint density at radius 1 is 1.62 bits per heavy atom. The Hall–Kier alpha value is -2.02. The molecule has 0 radical (unpaired) electrons. The molecule has 13 heavy (non-hydrogen) atoms. The number of benzene rings is 1. The Balaban J connectivity index is 2.93. The van der Waals surface area contributed by atoms with Gasteiger partial charge in [-0.15, -0.1) is 0 Å². The third-order valence-corrected chi connectivity index (χ3v) is 1.48. The molecule has 0 fully saturated rings. The fraction of sp³-hybridized carbons (Fsp3) is 0.111. The molecule has 0 spiro atoms. The number of nitriles is 1. The molecule has 0 amide bonds. The van der Waals surface area contributed by atoms with Gasteiger partial charge < -0.3 is 4.74 Å². The monoisotopic (exact) mass is 176 g/mol. The molecule has 1 aromatic carbocycles. The lowest BCUT2D eigenvalue weighted by Gasteiger charge is -2.00. The largest absolute Gasteiger partial charge is 0.465 e. The maximum Gasteiger partial charge on any atom is 0.337 e. The van der Waals surface area contributed by atoms with E-state index in [0.29, 0.717) is 11.3 Å². The molecule has 4 nitrogen and oxygen atoms in total. The van der Waals surface area contributed by atoms with Gasteiger partial charge in [-0.2, -0.15) is 5.26 Å². The summed E-state index contributed by atoms with van der Waals surface area (Å²) in [5.74, 6) is -0.415. The van der Waals surface area contributed by atoms with Gasteiger partial charge in [-0.1, -0.05) is 6.07 Å². The van der Waals surface area contributed by atoms with Gasteiger partial charge in [0.15, 0.2) is 6.19 Å². The van der Waals surface area contributed by atoms with Gasteiger partial charge >= 0.3 is 5.97 Å². The van der Waals surface area contributed by atoms with Crippen molar-refractivity contribution in [2.45, 2.75) is 0 Å². The Morgan fingerprint density at radius 3 is 3.00 bits per heavy atom. The molecule has 1 N–H and O–H groups in total. The van der Waals surface area contributed by atoms with Crippen LogP contribution in [0.4, 0.5) is 5.69 Å². The van der Waals surface area contributed by atoms with Crippen LogP contribution in [0.1, 0.15) is 10.4 Å². The smallest absolute Gasteiger partial charge is 0.337 e. The molecule has 0 aliphatic carbocycles. The number of nitrogens with zero attached hydrogens (tertiary/aromatic N) is 1. The molecule has 4 heteroatoms. The van der Waals surface area contributed by atoms with Crippen molar-refractivity contribution >= 4 is 11.7 Å². The van der Waals surface area contributed by atoms with Crippen LogP contribution in [0.25, 0.3) is 0 Å².